The lowest BCUT2D eigenvalue weighted by atomic mass is 9.96. The zero-order chi connectivity index (χ0) is 14.1. The van der Waals surface area contributed by atoms with Crippen molar-refractivity contribution in [1.82, 2.24) is 9.88 Å². The molecule has 2 aromatic rings. The van der Waals surface area contributed by atoms with E-state index in [-0.39, 0.29) is 4.87 Å². The highest BCUT2D eigenvalue weighted by molar-refractivity contribution is 8.01. The van der Waals surface area contributed by atoms with E-state index in [4.69, 9.17) is 4.99 Å². The second-order valence-corrected chi connectivity index (χ2v) is 6.51. The number of aromatic nitrogens is 1. The Morgan fingerprint density at radius 3 is 2.57 bits per heavy atom. The number of amidine groups is 1. The van der Waals surface area contributed by atoms with Gasteiger partial charge in [-0.05, 0) is 29.7 Å². The highest BCUT2D eigenvalue weighted by atomic mass is 32.2. The lowest BCUT2D eigenvalue weighted by Gasteiger charge is -2.41. The van der Waals surface area contributed by atoms with E-state index in [1.165, 1.54) is 17.0 Å². The van der Waals surface area contributed by atoms with E-state index in [9.17, 15) is 0 Å². The van der Waals surface area contributed by atoms with Gasteiger partial charge < -0.3 is 4.90 Å². The molecular formula is C17H17N3S. The Morgan fingerprint density at radius 2 is 1.76 bits per heavy atom. The molecular weight excluding hydrogens is 278 g/mol. The summed E-state index contributed by atoms with van der Waals surface area (Å²) in [4.78, 5) is 11.3. The summed E-state index contributed by atoms with van der Waals surface area (Å²) in [6.07, 6.45) is 4.91. The molecule has 0 aliphatic carbocycles. The second kappa shape index (κ2) is 5.19. The molecule has 2 aliphatic heterocycles. The van der Waals surface area contributed by atoms with Gasteiger partial charge in [-0.3, -0.25) is 9.98 Å². The third-order valence-corrected chi connectivity index (χ3v) is 5.68. The first-order valence-corrected chi connectivity index (χ1v) is 8.31. The van der Waals surface area contributed by atoms with Crippen LogP contribution in [0, 0.1) is 0 Å². The molecule has 4 rings (SSSR count). The summed E-state index contributed by atoms with van der Waals surface area (Å²) in [6, 6.07) is 15.1. The van der Waals surface area contributed by atoms with Crippen molar-refractivity contribution in [2.45, 2.75) is 11.3 Å². The number of thioether (sulfide) groups is 1. The van der Waals surface area contributed by atoms with E-state index in [1.807, 2.05) is 24.2 Å². The van der Waals surface area contributed by atoms with Gasteiger partial charge in [0, 0.05) is 25.5 Å². The maximum Gasteiger partial charge on any atom is 0.139 e. The molecule has 3 heterocycles. The van der Waals surface area contributed by atoms with Gasteiger partial charge in [0.1, 0.15) is 10.7 Å². The van der Waals surface area contributed by atoms with Crippen LogP contribution in [0.5, 0.6) is 0 Å². The standard InChI is InChI=1S/C17H17N3S/c1-2-5-14(6-3-1)17(15-7-10-18-11-8-15)20-12-4-9-19-16(20)13-21-17/h1-3,5-8,10-11H,4,9,12-13H2. The van der Waals surface area contributed by atoms with Gasteiger partial charge >= 0.3 is 0 Å². The number of nitrogens with zero attached hydrogens (tertiary/aromatic N) is 3. The number of fused-ring (bicyclic) bond motifs is 1. The van der Waals surface area contributed by atoms with Crippen molar-refractivity contribution in [1.29, 1.82) is 0 Å². The molecule has 1 fully saturated rings. The summed E-state index contributed by atoms with van der Waals surface area (Å²) in [6.45, 7) is 2.04. The molecule has 0 spiro atoms. The minimum absolute atomic E-state index is 0.149. The number of rotatable bonds is 2. The number of aliphatic imine (C=N–C) groups is 1. The van der Waals surface area contributed by atoms with Crippen molar-refractivity contribution < 1.29 is 0 Å². The largest absolute Gasteiger partial charge is 0.337 e. The first kappa shape index (κ1) is 12.9. The number of benzene rings is 1. The van der Waals surface area contributed by atoms with Crippen LogP contribution in [0.15, 0.2) is 59.9 Å². The molecule has 2 aliphatic rings. The van der Waals surface area contributed by atoms with Crippen LogP contribution in [0.3, 0.4) is 0 Å². The average molecular weight is 295 g/mol. The zero-order valence-corrected chi connectivity index (χ0v) is 12.6. The van der Waals surface area contributed by atoms with Gasteiger partial charge in [-0.25, -0.2) is 0 Å². The van der Waals surface area contributed by atoms with Crippen molar-refractivity contribution >= 4 is 17.6 Å². The number of hydrogen-bond acceptors (Lipinski definition) is 4. The van der Waals surface area contributed by atoms with Crippen LogP contribution in [0.2, 0.25) is 0 Å². The predicted octanol–water partition coefficient (Wildman–Crippen LogP) is 3.13. The Hall–Kier alpha value is -1.81. The SMILES string of the molecule is c1ccc(C2(c3ccncc3)SCC3=NCCCN32)cc1. The van der Waals surface area contributed by atoms with Crippen LogP contribution in [0.25, 0.3) is 0 Å². The van der Waals surface area contributed by atoms with E-state index in [2.05, 4.69) is 52.3 Å². The molecule has 0 N–H and O–H groups in total. The zero-order valence-electron chi connectivity index (χ0n) is 11.8. The molecule has 3 nitrogen and oxygen atoms in total. The lowest BCUT2D eigenvalue weighted by molar-refractivity contribution is 0.314. The van der Waals surface area contributed by atoms with E-state index in [1.54, 1.807) is 0 Å². The van der Waals surface area contributed by atoms with Crippen molar-refractivity contribution in [3.63, 3.8) is 0 Å². The van der Waals surface area contributed by atoms with E-state index in [0.29, 0.717) is 0 Å². The normalized spacial score (nSPS) is 24.6. The molecule has 21 heavy (non-hydrogen) atoms. The van der Waals surface area contributed by atoms with Crippen LogP contribution in [0.4, 0.5) is 0 Å². The van der Waals surface area contributed by atoms with Gasteiger partial charge in [-0.2, -0.15) is 0 Å². The molecule has 1 aromatic heterocycles. The molecule has 0 saturated carbocycles. The summed E-state index contributed by atoms with van der Waals surface area (Å²) in [7, 11) is 0. The molecule has 1 atom stereocenters. The first-order chi connectivity index (χ1) is 10.4. The monoisotopic (exact) mass is 295 g/mol. The van der Waals surface area contributed by atoms with E-state index < -0.39 is 0 Å². The molecule has 1 saturated heterocycles. The van der Waals surface area contributed by atoms with Gasteiger partial charge in [-0.15, -0.1) is 11.8 Å². The predicted molar refractivity (Wildman–Crippen MR) is 87.5 cm³/mol. The topological polar surface area (TPSA) is 28.5 Å². The van der Waals surface area contributed by atoms with Gasteiger partial charge in [0.15, 0.2) is 0 Å². The summed E-state index contributed by atoms with van der Waals surface area (Å²) in [5.74, 6) is 2.23. The van der Waals surface area contributed by atoms with Crippen molar-refractivity contribution in [3.05, 3.63) is 66.0 Å². The first-order valence-electron chi connectivity index (χ1n) is 7.32. The lowest BCUT2D eigenvalue weighted by Crippen LogP contribution is -2.45. The molecule has 0 radical (unpaired) electrons. The Balaban J connectivity index is 1.92. The van der Waals surface area contributed by atoms with Crippen LogP contribution < -0.4 is 0 Å². The average Bonchev–Trinajstić information content (AvgIpc) is 2.97. The Bertz CT molecular complexity index is 615. The molecule has 106 valence electrons. The van der Waals surface area contributed by atoms with Crippen molar-refractivity contribution in [3.8, 4) is 0 Å². The molecule has 0 bridgehead atoms. The summed E-state index contributed by atoms with van der Waals surface area (Å²) in [5, 5.41) is 0. The Labute approximate surface area is 129 Å². The number of hydrogen-bond donors (Lipinski definition) is 0. The van der Waals surface area contributed by atoms with E-state index >= 15 is 0 Å². The third kappa shape index (κ3) is 1.97. The molecule has 4 heteroatoms. The van der Waals surface area contributed by atoms with Crippen LogP contribution >= 0.6 is 11.8 Å². The number of pyridine rings is 1. The maximum atomic E-state index is 4.74. The Morgan fingerprint density at radius 1 is 1.00 bits per heavy atom. The molecule has 1 aromatic carbocycles. The highest BCUT2D eigenvalue weighted by Gasteiger charge is 2.48. The van der Waals surface area contributed by atoms with Crippen molar-refractivity contribution in [2.24, 2.45) is 4.99 Å². The fourth-order valence-corrected chi connectivity index (χ4v) is 4.79. The second-order valence-electron chi connectivity index (χ2n) is 5.34. The van der Waals surface area contributed by atoms with E-state index in [0.717, 1.165) is 25.3 Å². The molecule has 1 unspecified atom stereocenters. The van der Waals surface area contributed by atoms with Gasteiger partial charge in [0.05, 0.1) is 5.75 Å². The fourth-order valence-electron chi connectivity index (χ4n) is 3.25. The minimum Gasteiger partial charge on any atom is -0.337 e. The third-order valence-electron chi connectivity index (χ3n) is 4.17. The fraction of sp³-hybridized carbons (Fsp3) is 0.294. The van der Waals surface area contributed by atoms with Crippen LogP contribution in [0.1, 0.15) is 17.5 Å². The minimum atomic E-state index is -0.149. The van der Waals surface area contributed by atoms with Gasteiger partial charge in [0.2, 0.25) is 0 Å². The summed E-state index contributed by atoms with van der Waals surface area (Å²) >= 11 is 1.97. The quantitative estimate of drug-likeness (QED) is 0.852. The Kier molecular flexibility index (Phi) is 3.19. The van der Waals surface area contributed by atoms with Gasteiger partial charge in [0.25, 0.3) is 0 Å². The molecule has 0 amide bonds. The smallest absolute Gasteiger partial charge is 0.139 e. The van der Waals surface area contributed by atoms with Crippen LogP contribution in [-0.4, -0.2) is 34.6 Å². The maximum absolute atomic E-state index is 4.74. The van der Waals surface area contributed by atoms with Crippen molar-refractivity contribution in [2.75, 3.05) is 18.8 Å². The summed E-state index contributed by atoms with van der Waals surface area (Å²) in [5.41, 5.74) is 2.62. The van der Waals surface area contributed by atoms with Gasteiger partial charge in [-0.1, -0.05) is 30.3 Å². The van der Waals surface area contributed by atoms with Crippen LogP contribution in [-0.2, 0) is 4.87 Å². The highest BCUT2D eigenvalue weighted by Crippen LogP contribution is 2.50. The summed E-state index contributed by atoms with van der Waals surface area (Å²) < 4.78 is 0.